The Morgan fingerprint density at radius 2 is 2.00 bits per heavy atom. The van der Waals surface area contributed by atoms with Gasteiger partial charge in [0.15, 0.2) is 0 Å². The number of unbranched alkanes of at least 4 members (excludes halogenated alkanes) is 1. The van der Waals surface area contributed by atoms with Crippen LogP contribution < -0.4 is 4.74 Å². The molecule has 0 amide bonds. The zero-order valence-corrected chi connectivity index (χ0v) is 9.20. The molecule has 0 spiro atoms. The normalized spacial score (nSPS) is 9.60. The first-order valence-electron chi connectivity index (χ1n) is 5.45. The zero-order valence-electron chi connectivity index (χ0n) is 9.20. The Hall–Kier alpha value is -1.49. The van der Waals surface area contributed by atoms with Crippen LogP contribution in [0.2, 0.25) is 0 Å². The van der Waals surface area contributed by atoms with Crippen LogP contribution >= 0.6 is 0 Å². The van der Waals surface area contributed by atoms with Crippen LogP contribution in [0.5, 0.6) is 5.75 Å². The van der Waals surface area contributed by atoms with Crippen molar-refractivity contribution in [3.05, 3.63) is 29.8 Å². The number of ether oxygens (including phenoxy) is 1. The van der Waals surface area contributed by atoms with Gasteiger partial charge < -0.3 is 4.74 Å². The van der Waals surface area contributed by atoms with Crippen LogP contribution in [0.3, 0.4) is 0 Å². The molecule has 0 saturated heterocycles. The third kappa shape index (κ3) is 4.51. The molecule has 0 N–H and O–H groups in total. The van der Waals surface area contributed by atoms with Gasteiger partial charge in [-0.15, -0.1) is 0 Å². The van der Waals surface area contributed by atoms with Crippen LogP contribution in [-0.4, -0.2) is 6.61 Å². The van der Waals surface area contributed by atoms with Gasteiger partial charge in [0.05, 0.1) is 12.7 Å². The van der Waals surface area contributed by atoms with Crippen LogP contribution in [0.1, 0.15) is 31.7 Å². The number of nitrogens with zero attached hydrogens (tertiary/aromatic N) is 1. The molecule has 0 atom stereocenters. The van der Waals surface area contributed by atoms with Crippen molar-refractivity contribution in [2.45, 2.75) is 32.6 Å². The highest BCUT2D eigenvalue weighted by Gasteiger charge is 1.94. The van der Waals surface area contributed by atoms with E-state index < -0.39 is 0 Å². The average Bonchev–Trinajstić information content (AvgIpc) is 2.27. The van der Waals surface area contributed by atoms with E-state index >= 15 is 0 Å². The molecule has 1 aromatic rings. The number of benzene rings is 1. The fourth-order valence-corrected chi connectivity index (χ4v) is 1.38. The van der Waals surface area contributed by atoms with E-state index in [-0.39, 0.29) is 0 Å². The lowest BCUT2D eigenvalue weighted by Gasteiger charge is -2.05. The highest BCUT2D eigenvalue weighted by atomic mass is 16.5. The monoisotopic (exact) mass is 203 g/mol. The molecule has 0 saturated carbocycles. The molecule has 15 heavy (non-hydrogen) atoms. The Morgan fingerprint density at radius 1 is 1.27 bits per heavy atom. The highest BCUT2D eigenvalue weighted by Crippen LogP contribution is 2.13. The van der Waals surface area contributed by atoms with Crippen molar-refractivity contribution in [2.24, 2.45) is 0 Å². The number of hydrogen-bond donors (Lipinski definition) is 0. The fourth-order valence-electron chi connectivity index (χ4n) is 1.38. The lowest BCUT2D eigenvalue weighted by atomic mass is 10.1. The number of rotatable bonds is 6. The molecule has 2 nitrogen and oxygen atoms in total. The van der Waals surface area contributed by atoms with Crippen molar-refractivity contribution in [3.8, 4) is 11.8 Å². The molecule has 0 aliphatic rings. The van der Waals surface area contributed by atoms with Crippen molar-refractivity contribution >= 4 is 0 Å². The lowest BCUT2D eigenvalue weighted by molar-refractivity contribution is 0.312. The Labute approximate surface area is 91.5 Å². The zero-order chi connectivity index (χ0) is 10.9. The first kappa shape index (κ1) is 11.6. The second-order valence-corrected chi connectivity index (χ2v) is 3.50. The summed E-state index contributed by atoms with van der Waals surface area (Å²) in [6, 6.07) is 10.3. The van der Waals surface area contributed by atoms with Crippen molar-refractivity contribution in [1.29, 1.82) is 5.26 Å². The smallest absolute Gasteiger partial charge is 0.119 e. The first-order chi connectivity index (χ1) is 7.36. The van der Waals surface area contributed by atoms with Gasteiger partial charge >= 0.3 is 0 Å². The van der Waals surface area contributed by atoms with Crippen molar-refractivity contribution in [1.82, 2.24) is 0 Å². The van der Waals surface area contributed by atoms with E-state index in [1.807, 2.05) is 12.1 Å². The largest absolute Gasteiger partial charge is 0.494 e. The maximum absolute atomic E-state index is 8.35. The Kier molecular flexibility index (Phi) is 5.32. The number of nitriles is 1. The van der Waals surface area contributed by atoms with Crippen LogP contribution in [0.15, 0.2) is 24.3 Å². The third-order valence-electron chi connectivity index (χ3n) is 2.16. The van der Waals surface area contributed by atoms with Gasteiger partial charge in [-0.3, -0.25) is 0 Å². The molecular formula is C13H17NO. The van der Waals surface area contributed by atoms with Gasteiger partial charge in [-0.05, 0) is 30.5 Å². The molecule has 0 bridgehead atoms. The van der Waals surface area contributed by atoms with Crippen molar-refractivity contribution in [3.63, 3.8) is 0 Å². The Balaban J connectivity index is 2.33. The molecule has 0 fully saturated rings. The Morgan fingerprint density at radius 3 is 2.60 bits per heavy atom. The summed E-state index contributed by atoms with van der Waals surface area (Å²) in [5.41, 5.74) is 1.35. The fraction of sp³-hybridized carbons (Fsp3) is 0.462. The second kappa shape index (κ2) is 6.89. The van der Waals surface area contributed by atoms with Gasteiger partial charge in [-0.25, -0.2) is 0 Å². The Bertz CT molecular complexity index is 310. The molecule has 1 rings (SSSR count). The molecule has 0 aliphatic heterocycles. The van der Waals surface area contributed by atoms with Gasteiger partial charge in [-0.2, -0.15) is 5.26 Å². The molecule has 0 heterocycles. The van der Waals surface area contributed by atoms with E-state index in [0.29, 0.717) is 13.0 Å². The second-order valence-electron chi connectivity index (χ2n) is 3.50. The van der Waals surface area contributed by atoms with E-state index in [0.717, 1.165) is 18.6 Å². The maximum atomic E-state index is 8.35. The summed E-state index contributed by atoms with van der Waals surface area (Å²) < 4.78 is 5.49. The lowest BCUT2D eigenvalue weighted by Crippen LogP contribution is -1.96. The molecule has 1 aromatic carbocycles. The van der Waals surface area contributed by atoms with Crippen LogP contribution in [-0.2, 0) is 6.42 Å². The van der Waals surface area contributed by atoms with Gasteiger partial charge in [-0.1, -0.05) is 25.5 Å². The number of aryl methyl sites for hydroxylation is 1. The quantitative estimate of drug-likeness (QED) is 0.664. The van der Waals surface area contributed by atoms with Crippen molar-refractivity contribution in [2.75, 3.05) is 6.61 Å². The number of hydrogen-bond acceptors (Lipinski definition) is 2. The van der Waals surface area contributed by atoms with Crippen molar-refractivity contribution < 1.29 is 4.74 Å². The summed E-state index contributed by atoms with van der Waals surface area (Å²) in [4.78, 5) is 0. The summed E-state index contributed by atoms with van der Waals surface area (Å²) in [5.74, 6) is 0.896. The van der Waals surface area contributed by atoms with E-state index in [9.17, 15) is 0 Å². The minimum atomic E-state index is 0.563. The average molecular weight is 203 g/mol. The molecular weight excluding hydrogens is 186 g/mol. The summed E-state index contributed by atoms with van der Waals surface area (Å²) in [7, 11) is 0. The maximum Gasteiger partial charge on any atom is 0.119 e. The van der Waals surface area contributed by atoms with Crippen LogP contribution in [0.25, 0.3) is 0 Å². The highest BCUT2D eigenvalue weighted by molar-refractivity contribution is 5.27. The molecule has 0 radical (unpaired) electrons. The topological polar surface area (TPSA) is 33.0 Å². The standard InChI is InChI=1S/C13H17NO/c1-2-5-12-6-8-13(9-7-12)15-11-4-3-10-14/h6-9H,2-5,11H2,1H3. The molecule has 0 unspecified atom stereocenters. The van der Waals surface area contributed by atoms with Gasteiger partial charge in [0, 0.05) is 6.42 Å². The summed E-state index contributed by atoms with van der Waals surface area (Å²) >= 11 is 0. The predicted octanol–water partition coefficient (Wildman–Crippen LogP) is 3.32. The van der Waals surface area contributed by atoms with Gasteiger partial charge in [0.25, 0.3) is 0 Å². The van der Waals surface area contributed by atoms with E-state index in [4.69, 9.17) is 10.00 Å². The first-order valence-corrected chi connectivity index (χ1v) is 5.45. The summed E-state index contributed by atoms with van der Waals surface area (Å²) in [6.07, 6.45) is 3.65. The van der Waals surface area contributed by atoms with E-state index in [1.54, 1.807) is 0 Å². The van der Waals surface area contributed by atoms with Gasteiger partial charge in [0.2, 0.25) is 0 Å². The van der Waals surface area contributed by atoms with Crippen LogP contribution in [0, 0.1) is 11.3 Å². The summed E-state index contributed by atoms with van der Waals surface area (Å²) in [5, 5.41) is 8.35. The third-order valence-corrected chi connectivity index (χ3v) is 2.16. The summed E-state index contributed by atoms with van der Waals surface area (Å²) in [6.45, 7) is 2.80. The molecule has 0 aromatic heterocycles. The molecule has 80 valence electrons. The van der Waals surface area contributed by atoms with E-state index in [1.165, 1.54) is 12.0 Å². The van der Waals surface area contributed by atoms with Crippen LogP contribution in [0.4, 0.5) is 0 Å². The SMILES string of the molecule is CCCc1ccc(OCCCC#N)cc1. The van der Waals surface area contributed by atoms with Gasteiger partial charge in [0.1, 0.15) is 5.75 Å². The van der Waals surface area contributed by atoms with E-state index in [2.05, 4.69) is 25.1 Å². The molecule has 0 aliphatic carbocycles. The minimum Gasteiger partial charge on any atom is -0.494 e. The minimum absolute atomic E-state index is 0.563. The molecule has 2 heteroatoms. The predicted molar refractivity (Wildman–Crippen MR) is 60.8 cm³/mol.